The van der Waals surface area contributed by atoms with Crippen molar-refractivity contribution < 1.29 is 9.47 Å². The van der Waals surface area contributed by atoms with E-state index in [9.17, 15) is 4.79 Å². The van der Waals surface area contributed by atoms with Gasteiger partial charge in [-0.1, -0.05) is 18.2 Å². The first kappa shape index (κ1) is 18.6. The summed E-state index contributed by atoms with van der Waals surface area (Å²) in [6, 6.07) is 7.79. The molecule has 22 heavy (non-hydrogen) atoms. The number of benzene rings is 1. The lowest BCUT2D eigenvalue weighted by Crippen LogP contribution is -2.24. The number of fused-ring (bicyclic) bond motifs is 1. The van der Waals surface area contributed by atoms with Crippen LogP contribution < -0.4 is 10.9 Å². The summed E-state index contributed by atoms with van der Waals surface area (Å²) in [7, 11) is 1.66. The Morgan fingerprint density at radius 3 is 2.64 bits per heavy atom. The molecule has 0 aliphatic heterocycles. The summed E-state index contributed by atoms with van der Waals surface area (Å²) in [5, 5.41) is 5.11. The molecule has 0 bridgehead atoms. The van der Waals surface area contributed by atoms with Crippen molar-refractivity contribution in [2.75, 3.05) is 33.5 Å². The highest BCUT2D eigenvalue weighted by Crippen LogP contribution is 2.20. The molecule has 1 heterocycles. The van der Waals surface area contributed by atoms with Gasteiger partial charge >= 0.3 is 0 Å². The summed E-state index contributed by atoms with van der Waals surface area (Å²) in [6.45, 7) is 4.68. The van der Waals surface area contributed by atoms with Crippen molar-refractivity contribution >= 4 is 23.2 Å². The predicted molar refractivity (Wildman–Crippen MR) is 90.9 cm³/mol. The van der Waals surface area contributed by atoms with E-state index in [2.05, 4.69) is 17.2 Å². The van der Waals surface area contributed by atoms with Crippen molar-refractivity contribution in [2.45, 2.75) is 13.0 Å². The Morgan fingerprint density at radius 2 is 1.91 bits per heavy atom. The molecule has 0 spiro atoms. The Bertz CT molecular complexity index is 630. The molecule has 1 atom stereocenters. The van der Waals surface area contributed by atoms with Gasteiger partial charge in [0, 0.05) is 31.3 Å². The highest BCUT2D eigenvalue weighted by Gasteiger charge is 2.10. The fourth-order valence-electron chi connectivity index (χ4n) is 2.29. The normalized spacial score (nSPS) is 12.1. The molecule has 0 saturated heterocycles. The van der Waals surface area contributed by atoms with Crippen LogP contribution in [-0.4, -0.2) is 38.5 Å². The van der Waals surface area contributed by atoms with Gasteiger partial charge in [-0.05, 0) is 23.9 Å². The molecule has 0 saturated carbocycles. The first-order valence-corrected chi connectivity index (χ1v) is 7.14. The van der Waals surface area contributed by atoms with E-state index >= 15 is 0 Å². The van der Waals surface area contributed by atoms with Gasteiger partial charge in [0.15, 0.2) is 0 Å². The summed E-state index contributed by atoms with van der Waals surface area (Å²) >= 11 is 0. The Labute approximate surface area is 136 Å². The van der Waals surface area contributed by atoms with Crippen molar-refractivity contribution in [3.05, 3.63) is 46.4 Å². The van der Waals surface area contributed by atoms with Crippen LogP contribution in [-0.2, 0) is 9.47 Å². The third-order valence-corrected chi connectivity index (χ3v) is 3.44. The Kier molecular flexibility index (Phi) is 8.12. The fraction of sp³-hybridized carbons (Fsp3) is 0.438. The third-order valence-electron chi connectivity index (χ3n) is 3.44. The lowest BCUT2D eigenvalue weighted by molar-refractivity contribution is 0.0712. The second-order valence-electron chi connectivity index (χ2n) is 4.90. The van der Waals surface area contributed by atoms with E-state index in [0.29, 0.717) is 19.8 Å². The molecule has 2 aromatic rings. The number of methoxy groups -OCH3 is 1. The van der Waals surface area contributed by atoms with Crippen LogP contribution in [0.15, 0.2) is 35.3 Å². The van der Waals surface area contributed by atoms with Gasteiger partial charge in [0.2, 0.25) is 0 Å². The average Bonchev–Trinajstić information content (AvgIpc) is 2.51. The number of pyridine rings is 1. The van der Waals surface area contributed by atoms with Gasteiger partial charge in [-0.2, -0.15) is 0 Å². The number of hydrogen-bond donors (Lipinski definition) is 2. The highest BCUT2D eigenvalue weighted by atomic mass is 35.5. The van der Waals surface area contributed by atoms with Crippen LogP contribution in [0.25, 0.3) is 10.8 Å². The quantitative estimate of drug-likeness (QED) is 0.730. The number of rotatable bonds is 8. The highest BCUT2D eigenvalue weighted by molar-refractivity contribution is 5.85. The number of aromatic amines is 1. The van der Waals surface area contributed by atoms with Crippen LogP contribution in [0.4, 0.5) is 0 Å². The largest absolute Gasteiger partial charge is 0.382 e. The molecule has 2 N–H and O–H groups in total. The average molecular weight is 327 g/mol. The molecule has 122 valence electrons. The number of halogens is 1. The molecule has 0 aliphatic carbocycles. The topological polar surface area (TPSA) is 63.4 Å². The van der Waals surface area contributed by atoms with Crippen LogP contribution in [0.1, 0.15) is 18.5 Å². The van der Waals surface area contributed by atoms with Gasteiger partial charge in [0.05, 0.1) is 19.8 Å². The monoisotopic (exact) mass is 326 g/mol. The smallest absolute Gasteiger partial charge is 0.255 e. The molecule has 1 aromatic heterocycles. The minimum Gasteiger partial charge on any atom is -0.382 e. The van der Waals surface area contributed by atoms with Gasteiger partial charge in [0.25, 0.3) is 5.56 Å². The maximum atomic E-state index is 11.8. The van der Waals surface area contributed by atoms with Crippen LogP contribution in [0.3, 0.4) is 0 Å². The first-order chi connectivity index (χ1) is 10.2. The number of aromatic nitrogens is 1. The van der Waals surface area contributed by atoms with Crippen LogP contribution in [0.5, 0.6) is 0 Å². The molecule has 0 fully saturated rings. The van der Waals surface area contributed by atoms with E-state index in [0.717, 1.165) is 22.9 Å². The minimum atomic E-state index is -0.0514. The summed E-state index contributed by atoms with van der Waals surface area (Å²) in [5.41, 5.74) is 1.03. The Hall–Kier alpha value is -1.40. The van der Waals surface area contributed by atoms with E-state index in [1.165, 1.54) is 0 Å². The first-order valence-electron chi connectivity index (χ1n) is 7.14. The maximum Gasteiger partial charge on any atom is 0.255 e. The summed E-state index contributed by atoms with van der Waals surface area (Å²) in [6.07, 6.45) is 1.79. The molecule has 0 radical (unpaired) electrons. The molecule has 1 unspecified atom stereocenters. The minimum absolute atomic E-state index is 0. The lowest BCUT2D eigenvalue weighted by atomic mass is 10.0. The van der Waals surface area contributed by atoms with Crippen molar-refractivity contribution in [1.29, 1.82) is 0 Å². The Balaban J connectivity index is 0.00000242. The number of nitrogens with one attached hydrogen (secondary N) is 2. The van der Waals surface area contributed by atoms with Gasteiger partial charge in [0.1, 0.15) is 0 Å². The van der Waals surface area contributed by atoms with Gasteiger partial charge in [-0.3, -0.25) is 4.79 Å². The van der Waals surface area contributed by atoms with Crippen LogP contribution in [0.2, 0.25) is 0 Å². The maximum absolute atomic E-state index is 11.8. The lowest BCUT2D eigenvalue weighted by Gasteiger charge is -2.16. The van der Waals surface area contributed by atoms with E-state index in [1.807, 2.05) is 24.3 Å². The van der Waals surface area contributed by atoms with Crippen molar-refractivity contribution in [3.8, 4) is 0 Å². The van der Waals surface area contributed by atoms with Crippen LogP contribution >= 0.6 is 12.4 Å². The molecule has 6 heteroatoms. The third kappa shape index (κ3) is 4.81. The van der Waals surface area contributed by atoms with Gasteiger partial charge in [-0.25, -0.2) is 0 Å². The molecule has 2 rings (SSSR count). The number of hydrogen-bond acceptors (Lipinski definition) is 4. The zero-order chi connectivity index (χ0) is 15.1. The van der Waals surface area contributed by atoms with E-state index in [1.54, 1.807) is 13.3 Å². The zero-order valence-electron chi connectivity index (χ0n) is 12.9. The molecule has 0 amide bonds. The van der Waals surface area contributed by atoms with Crippen molar-refractivity contribution in [1.82, 2.24) is 10.3 Å². The molecule has 1 aromatic carbocycles. The standard InChI is InChI=1S/C16H22N2O3.ClH/c1-12(17-7-8-21-10-9-20-2)15-11-18-16(19)14-6-4-3-5-13(14)15;/h3-6,11-12,17H,7-10H2,1-2H3,(H,18,19);1H. The van der Waals surface area contributed by atoms with E-state index < -0.39 is 0 Å². The summed E-state index contributed by atoms with van der Waals surface area (Å²) in [5.74, 6) is 0. The summed E-state index contributed by atoms with van der Waals surface area (Å²) in [4.78, 5) is 14.6. The summed E-state index contributed by atoms with van der Waals surface area (Å²) < 4.78 is 10.3. The number of H-pyrrole nitrogens is 1. The second kappa shape index (κ2) is 9.58. The van der Waals surface area contributed by atoms with Crippen molar-refractivity contribution in [2.24, 2.45) is 0 Å². The molecular weight excluding hydrogens is 304 g/mol. The van der Waals surface area contributed by atoms with E-state index in [-0.39, 0.29) is 24.0 Å². The number of ether oxygens (including phenoxy) is 2. The van der Waals surface area contributed by atoms with Crippen LogP contribution in [0, 0.1) is 0 Å². The molecular formula is C16H23ClN2O3. The Morgan fingerprint density at radius 1 is 1.18 bits per heavy atom. The van der Waals surface area contributed by atoms with Gasteiger partial charge in [-0.15, -0.1) is 12.4 Å². The molecule has 5 nitrogen and oxygen atoms in total. The SMILES string of the molecule is COCCOCCNC(C)c1c[nH]c(=O)c2ccccc12.Cl. The van der Waals surface area contributed by atoms with E-state index in [4.69, 9.17) is 9.47 Å². The predicted octanol–water partition coefficient (Wildman–Crippen LogP) is 2.26. The van der Waals surface area contributed by atoms with Gasteiger partial charge < -0.3 is 19.8 Å². The zero-order valence-corrected chi connectivity index (χ0v) is 13.7. The molecule has 0 aliphatic rings. The second-order valence-corrected chi connectivity index (χ2v) is 4.90. The van der Waals surface area contributed by atoms with Crippen molar-refractivity contribution in [3.63, 3.8) is 0 Å². The fourth-order valence-corrected chi connectivity index (χ4v) is 2.29.